The molecule has 1 atom stereocenters. The van der Waals surface area contributed by atoms with Crippen LogP contribution in [-0.4, -0.2) is 18.4 Å². The Hall–Kier alpha value is -2.62. The topological polar surface area (TPSA) is 46.6 Å². The minimum absolute atomic E-state index is 0.0368. The van der Waals surface area contributed by atoms with E-state index in [0.717, 1.165) is 22.4 Å². The van der Waals surface area contributed by atoms with Crippen molar-refractivity contribution < 1.29 is 14.3 Å². The summed E-state index contributed by atoms with van der Waals surface area (Å²) in [5, 5.41) is 0. The van der Waals surface area contributed by atoms with Gasteiger partial charge in [0.2, 0.25) is 5.91 Å². The van der Waals surface area contributed by atoms with Crippen molar-refractivity contribution in [2.24, 2.45) is 5.92 Å². The van der Waals surface area contributed by atoms with Crippen LogP contribution in [0.15, 0.2) is 36.4 Å². The third-order valence-electron chi connectivity index (χ3n) is 4.96. The predicted octanol–water partition coefficient (Wildman–Crippen LogP) is 3.88. The number of hydrogen-bond acceptors (Lipinski definition) is 3. The smallest absolute Gasteiger partial charge is 0.316 e. The molecule has 1 aliphatic rings. The van der Waals surface area contributed by atoms with E-state index in [4.69, 9.17) is 4.74 Å². The highest BCUT2D eigenvalue weighted by Crippen LogP contribution is 2.28. The number of esters is 1. The summed E-state index contributed by atoms with van der Waals surface area (Å²) in [5.41, 5.74) is 5.38. The monoisotopic (exact) mass is 337 g/mol. The van der Waals surface area contributed by atoms with E-state index in [0.29, 0.717) is 12.3 Å². The standard InChI is InChI=1S/C21H23NO3/c1-13-5-7-18(9-15(13)3)22-12-17(11-20(22)23)21(24)25-19-8-6-14(2)16(4)10-19/h5-10,17H,11-12H2,1-4H3/t17-/m1/s1. The third kappa shape index (κ3) is 3.58. The summed E-state index contributed by atoms with van der Waals surface area (Å²) in [4.78, 5) is 26.5. The van der Waals surface area contributed by atoms with E-state index in [1.807, 2.05) is 58.0 Å². The zero-order valence-corrected chi connectivity index (χ0v) is 15.1. The molecule has 0 saturated carbocycles. The molecule has 2 aromatic rings. The van der Waals surface area contributed by atoms with E-state index in [-0.39, 0.29) is 18.3 Å². The molecule has 0 spiro atoms. The largest absolute Gasteiger partial charge is 0.426 e. The molecule has 1 fully saturated rings. The first-order valence-corrected chi connectivity index (χ1v) is 8.51. The van der Waals surface area contributed by atoms with Crippen LogP contribution in [0, 0.1) is 33.6 Å². The molecule has 0 radical (unpaired) electrons. The molecule has 0 aromatic heterocycles. The van der Waals surface area contributed by atoms with Crippen LogP contribution in [-0.2, 0) is 9.59 Å². The lowest BCUT2D eigenvalue weighted by Gasteiger charge is -2.18. The highest BCUT2D eigenvalue weighted by atomic mass is 16.5. The van der Waals surface area contributed by atoms with Crippen molar-refractivity contribution >= 4 is 17.6 Å². The number of carbonyl (C=O) groups excluding carboxylic acids is 2. The van der Waals surface area contributed by atoms with E-state index in [1.165, 1.54) is 5.56 Å². The second kappa shape index (κ2) is 6.71. The van der Waals surface area contributed by atoms with Crippen molar-refractivity contribution in [3.05, 3.63) is 58.7 Å². The molecule has 4 nitrogen and oxygen atoms in total. The van der Waals surface area contributed by atoms with Crippen LogP contribution in [0.4, 0.5) is 5.69 Å². The van der Waals surface area contributed by atoms with Crippen LogP contribution in [0.5, 0.6) is 5.75 Å². The maximum atomic E-state index is 12.5. The van der Waals surface area contributed by atoms with Crippen LogP contribution in [0.25, 0.3) is 0 Å². The predicted molar refractivity (Wildman–Crippen MR) is 97.9 cm³/mol. The number of anilines is 1. The zero-order chi connectivity index (χ0) is 18.1. The lowest BCUT2D eigenvalue weighted by molar-refractivity contribution is -0.139. The molecule has 1 aliphatic heterocycles. The van der Waals surface area contributed by atoms with Gasteiger partial charge in [0.25, 0.3) is 0 Å². The van der Waals surface area contributed by atoms with Crippen molar-refractivity contribution in [3.63, 3.8) is 0 Å². The van der Waals surface area contributed by atoms with Gasteiger partial charge in [-0.1, -0.05) is 12.1 Å². The lowest BCUT2D eigenvalue weighted by Crippen LogP contribution is -2.27. The van der Waals surface area contributed by atoms with Gasteiger partial charge in [0.1, 0.15) is 5.75 Å². The van der Waals surface area contributed by atoms with E-state index < -0.39 is 5.92 Å². The number of amides is 1. The molecular weight excluding hydrogens is 314 g/mol. The molecule has 1 heterocycles. The summed E-state index contributed by atoms with van der Waals surface area (Å²) in [5.74, 6) is -0.283. The van der Waals surface area contributed by atoms with Gasteiger partial charge in [0.05, 0.1) is 5.92 Å². The molecular formula is C21H23NO3. The van der Waals surface area contributed by atoms with Crippen molar-refractivity contribution in [3.8, 4) is 5.75 Å². The van der Waals surface area contributed by atoms with Gasteiger partial charge in [-0.25, -0.2) is 0 Å². The minimum Gasteiger partial charge on any atom is -0.426 e. The number of aryl methyl sites for hydroxylation is 4. The van der Waals surface area contributed by atoms with Crippen molar-refractivity contribution in [2.45, 2.75) is 34.1 Å². The van der Waals surface area contributed by atoms with Gasteiger partial charge in [0, 0.05) is 18.7 Å². The van der Waals surface area contributed by atoms with Crippen LogP contribution in [0.2, 0.25) is 0 Å². The van der Waals surface area contributed by atoms with Gasteiger partial charge in [-0.3, -0.25) is 9.59 Å². The van der Waals surface area contributed by atoms with Gasteiger partial charge in [-0.05, 0) is 74.2 Å². The molecule has 0 N–H and O–H groups in total. The van der Waals surface area contributed by atoms with Crippen molar-refractivity contribution in [1.82, 2.24) is 0 Å². The highest BCUT2D eigenvalue weighted by molar-refractivity contribution is 5.99. The Kier molecular flexibility index (Phi) is 4.62. The molecule has 0 unspecified atom stereocenters. The molecule has 1 saturated heterocycles. The Balaban J connectivity index is 1.71. The Morgan fingerprint density at radius 3 is 2.24 bits per heavy atom. The first kappa shape index (κ1) is 17.2. The molecule has 3 rings (SSSR count). The van der Waals surface area contributed by atoms with E-state index >= 15 is 0 Å². The van der Waals surface area contributed by atoms with E-state index in [2.05, 4.69) is 0 Å². The van der Waals surface area contributed by atoms with Crippen LogP contribution in [0.1, 0.15) is 28.7 Å². The van der Waals surface area contributed by atoms with E-state index in [9.17, 15) is 9.59 Å². The summed E-state index contributed by atoms with van der Waals surface area (Å²) >= 11 is 0. The Morgan fingerprint density at radius 2 is 1.60 bits per heavy atom. The molecule has 2 aromatic carbocycles. The first-order chi connectivity index (χ1) is 11.8. The van der Waals surface area contributed by atoms with Crippen LogP contribution in [0.3, 0.4) is 0 Å². The second-order valence-corrected chi connectivity index (χ2v) is 6.84. The average Bonchev–Trinajstić information content (AvgIpc) is 2.95. The number of hydrogen-bond donors (Lipinski definition) is 0. The van der Waals surface area contributed by atoms with Crippen LogP contribution < -0.4 is 9.64 Å². The van der Waals surface area contributed by atoms with Gasteiger partial charge in [-0.2, -0.15) is 0 Å². The average molecular weight is 337 g/mol. The number of carbonyl (C=O) groups is 2. The first-order valence-electron chi connectivity index (χ1n) is 8.51. The van der Waals surface area contributed by atoms with Gasteiger partial charge in [-0.15, -0.1) is 0 Å². The Bertz CT molecular complexity index is 841. The molecule has 0 bridgehead atoms. The maximum Gasteiger partial charge on any atom is 0.316 e. The summed E-state index contributed by atoms with van der Waals surface area (Å²) < 4.78 is 5.49. The Labute approximate surface area is 148 Å². The van der Waals surface area contributed by atoms with Crippen LogP contribution >= 0.6 is 0 Å². The highest BCUT2D eigenvalue weighted by Gasteiger charge is 2.36. The summed E-state index contributed by atoms with van der Waals surface area (Å²) in [6.45, 7) is 8.41. The number of nitrogens with zero attached hydrogens (tertiary/aromatic N) is 1. The van der Waals surface area contributed by atoms with Gasteiger partial charge >= 0.3 is 5.97 Å². The minimum atomic E-state index is -0.435. The fraction of sp³-hybridized carbons (Fsp3) is 0.333. The summed E-state index contributed by atoms with van der Waals surface area (Å²) in [7, 11) is 0. The maximum absolute atomic E-state index is 12.5. The normalized spacial score (nSPS) is 17.0. The quantitative estimate of drug-likeness (QED) is 0.631. The number of rotatable bonds is 3. The molecule has 4 heteroatoms. The van der Waals surface area contributed by atoms with Crippen molar-refractivity contribution in [1.29, 1.82) is 0 Å². The molecule has 1 amide bonds. The Morgan fingerprint density at radius 1 is 0.960 bits per heavy atom. The third-order valence-corrected chi connectivity index (χ3v) is 4.96. The molecule has 130 valence electrons. The van der Waals surface area contributed by atoms with Gasteiger partial charge < -0.3 is 9.64 Å². The zero-order valence-electron chi connectivity index (χ0n) is 15.1. The summed E-state index contributed by atoms with van der Waals surface area (Å²) in [6.07, 6.45) is 0.191. The van der Waals surface area contributed by atoms with Crippen molar-refractivity contribution in [2.75, 3.05) is 11.4 Å². The molecule has 25 heavy (non-hydrogen) atoms. The molecule has 0 aliphatic carbocycles. The number of benzene rings is 2. The SMILES string of the molecule is Cc1ccc(OC(=O)[C@@H]2CC(=O)N(c3ccc(C)c(C)c3)C2)cc1C. The van der Waals surface area contributed by atoms with Gasteiger partial charge in [0.15, 0.2) is 0 Å². The summed E-state index contributed by atoms with van der Waals surface area (Å²) in [6, 6.07) is 11.5. The number of ether oxygens (including phenoxy) is 1. The fourth-order valence-electron chi connectivity index (χ4n) is 2.99. The fourth-order valence-corrected chi connectivity index (χ4v) is 2.99. The van der Waals surface area contributed by atoms with E-state index in [1.54, 1.807) is 11.0 Å². The lowest BCUT2D eigenvalue weighted by atomic mass is 10.1. The second-order valence-electron chi connectivity index (χ2n) is 6.84.